The van der Waals surface area contributed by atoms with E-state index in [2.05, 4.69) is 17.3 Å². The first-order valence-electron chi connectivity index (χ1n) is 7.71. The van der Waals surface area contributed by atoms with Crippen molar-refractivity contribution in [3.63, 3.8) is 0 Å². The van der Waals surface area contributed by atoms with Crippen LogP contribution in [-0.4, -0.2) is 73.2 Å². The number of hydroxylamine groups is 1. The van der Waals surface area contributed by atoms with Crippen LogP contribution in [0.5, 0.6) is 0 Å². The third kappa shape index (κ3) is 5.45. The number of rotatable bonds is 4. The summed E-state index contributed by atoms with van der Waals surface area (Å²) in [6.45, 7) is 5.35. The lowest BCUT2D eigenvalue weighted by Gasteiger charge is -2.40. The minimum atomic E-state index is -0.329. The molecule has 1 saturated heterocycles. The molecule has 0 unspecified atom stereocenters. The fourth-order valence-electron chi connectivity index (χ4n) is 2.63. The van der Waals surface area contributed by atoms with E-state index in [0.717, 1.165) is 26.2 Å². The molecule has 0 radical (unpaired) electrons. The third-order valence-electron chi connectivity index (χ3n) is 4.23. The summed E-state index contributed by atoms with van der Waals surface area (Å²) in [5.41, 5.74) is 1.02. The Morgan fingerprint density at radius 3 is 2.29 bits per heavy atom. The van der Waals surface area contributed by atoms with E-state index in [9.17, 15) is 14.8 Å². The number of hydrogen-bond donors (Lipinski definition) is 2. The summed E-state index contributed by atoms with van der Waals surface area (Å²) in [6.07, 6.45) is 0. The molecule has 24 heavy (non-hydrogen) atoms. The molecule has 2 rings (SSSR count). The minimum absolute atomic E-state index is 0. The van der Waals surface area contributed by atoms with Crippen LogP contribution in [-0.2, 0) is 9.59 Å². The van der Waals surface area contributed by atoms with Gasteiger partial charge in [0.05, 0.1) is 25.8 Å². The number of piperazine rings is 1. The van der Waals surface area contributed by atoms with E-state index in [4.69, 9.17) is 0 Å². The van der Waals surface area contributed by atoms with Crippen molar-refractivity contribution in [2.24, 2.45) is 0 Å². The Morgan fingerprint density at radius 2 is 1.79 bits per heavy atom. The number of carbonyl (C=O) groups excluding carboxylic acids is 2. The number of nitrogens with zero attached hydrogens (tertiary/aromatic N) is 3. The van der Waals surface area contributed by atoms with E-state index in [-0.39, 0.29) is 30.8 Å². The van der Waals surface area contributed by atoms with E-state index in [1.54, 1.807) is 24.3 Å². The number of likely N-dealkylation sites (N-methyl/N-ethyl adjacent to an activating group) is 2. The smallest absolute Gasteiger partial charge is 0.305 e. The molecule has 0 spiro atoms. The van der Waals surface area contributed by atoms with Crippen molar-refractivity contribution < 1.29 is 31.7 Å². The molecule has 8 heteroatoms. The molecule has 7 nitrogen and oxygen atoms in total. The van der Waals surface area contributed by atoms with Crippen LogP contribution in [0.3, 0.4) is 0 Å². The normalized spacial score (nSPS) is 16.8. The number of halogens is 1. The van der Waals surface area contributed by atoms with Crippen LogP contribution in [0.4, 0.5) is 11.4 Å². The Kier molecular flexibility index (Phi) is 7.16. The molecule has 0 aliphatic carbocycles. The molecule has 1 aromatic rings. The van der Waals surface area contributed by atoms with Gasteiger partial charge in [-0.05, 0) is 31.3 Å². The van der Waals surface area contributed by atoms with Crippen LogP contribution in [0.1, 0.15) is 6.92 Å². The quantitative estimate of drug-likeness (QED) is 0.364. The van der Waals surface area contributed by atoms with E-state index < -0.39 is 0 Å². The average Bonchev–Trinajstić information content (AvgIpc) is 2.50. The molecule has 2 N–H and O–H groups in total. The van der Waals surface area contributed by atoms with Gasteiger partial charge in [0.25, 0.3) is 0 Å². The zero-order valence-corrected chi connectivity index (χ0v) is 15.1. The SMILES string of the molecule is CC(=O)Nc1ccc(N(O)C(=O)C[N+]2(C)CCN(C)CC2)cc1.[Cl-]. The number of hydrogen-bond acceptors (Lipinski definition) is 4. The Bertz CT molecular complexity index is 571. The number of anilines is 2. The van der Waals surface area contributed by atoms with Crippen molar-refractivity contribution in [2.75, 3.05) is 57.2 Å². The van der Waals surface area contributed by atoms with Gasteiger partial charge in [-0.3, -0.25) is 19.7 Å². The molecule has 1 aromatic carbocycles. The second-order valence-corrected chi connectivity index (χ2v) is 6.46. The first-order chi connectivity index (χ1) is 10.8. The summed E-state index contributed by atoms with van der Waals surface area (Å²) < 4.78 is 0.629. The first kappa shape index (κ1) is 20.4. The highest BCUT2D eigenvalue weighted by molar-refractivity contribution is 5.93. The van der Waals surface area contributed by atoms with Gasteiger partial charge in [-0.15, -0.1) is 0 Å². The zero-order chi connectivity index (χ0) is 17.0. The van der Waals surface area contributed by atoms with Gasteiger partial charge in [-0.2, -0.15) is 5.06 Å². The Hall–Kier alpha value is -1.67. The molecular formula is C16H25ClN4O3. The predicted octanol–water partition coefficient (Wildman–Crippen LogP) is -2.24. The standard InChI is InChI=1S/C16H24N4O3.ClH/c1-13(21)17-14-4-6-15(7-5-14)19(23)16(22)12-20(3)10-8-18(2)9-11-20;/h4-7,23H,8-12H2,1-3H3;1H. The minimum Gasteiger partial charge on any atom is -1.00 e. The van der Waals surface area contributed by atoms with Crippen LogP contribution in [0, 0.1) is 0 Å². The first-order valence-corrected chi connectivity index (χ1v) is 7.71. The fraction of sp³-hybridized carbons (Fsp3) is 0.500. The highest BCUT2D eigenvalue weighted by Gasteiger charge is 2.31. The fourth-order valence-corrected chi connectivity index (χ4v) is 2.63. The molecule has 134 valence electrons. The lowest BCUT2D eigenvalue weighted by atomic mass is 10.2. The van der Waals surface area contributed by atoms with Crippen molar-refractivity contribution in [3.8, 4) is 0 Å². The van der Waals surface area contributed by atoms with Crippen molar-refractivity contribution >= 4 is 23.2 Å². The summed E-state index contributed by atoms with van der Waals surface area (Å²) >= 11 is 0. The molecular weight excluding hydrogens is 332 g/mol. The maximum Gasteiger partial charge on any atom is 0.305 e. The topological polar surface area (TPSA) is 72.9 Å². The van der Waals surface area contributed by atoms with E-state index in [1.807, 2.05) is 7.05 Å². The van der Waals surface area contributed by atoms with Crippen molar-refractivity contribution in [1.29, 1.82) is 0 Å². The van der Waals surface area contributed by atoms with E-state index in [1.165, 1.54) is 6.92 Å². The van der Waals surface area contributed by atoms with Crippen LogP contribution >= 0.6 is 0 Å². The largest absolute Gasteiger partial charge is 1.00 e. The van der Waals surface area contributed by atoms with Gasteiger partial charge in [0.2, 0.25) is 5.91 Å². The summed E-state index contributed by atoms with van der Waals surface area (Å²) in [5.74, 6) is -0.494. The molecule has 1 fully saturated rings. The van der Waals surface area contributed by atoms with Crippen LogP contribution < -0.4 is 22.8 Å². The monoisotopic (exact) mass is 356 g/mol. The molecule has 1 aliphatic rings. The number of quaternary nitrogens is 1. The highest BCUT2D eigenvalue weighted by atomic mass is 35.5. The highest BCUT2D eigenvalue weighted by Crippen LogP contribution is 2.18. The molecule has 1 heterocycles. The summed E-state index contributed by atoms with van der Waals surface area (Å²) in [7, 11) is 4.11. The van der Waals surface area contributed by atoms with Crippen LogP contribution in [0.15, 0.2) is 24.3 Å². The molecule has 0 saturated carbocycles. The predicted molar refractivity (Wildman–Crippen MR) is 88.3 cm³/mol. The van der Waals surface area contributed by atoms with Crippen molar-refractivity contribution in [3.05, 3.63) is 24.3 Å². The van der Waals surface area contributed by atoms with Crippen molar-refractivity contribution in [2.45, 2.75) is 6.92 Å². The average molecular weight is 357 g/mol. The van der Waals surface area contributed by atoms with Crippen LogP contribution in [0.25, 0.3) is 0 Å². The summed E-state index contributed by atoms with van der Waals surface area (Å²) in [4.78, 5) is 25.6. The molecule has 0 aromatic heterocycles. The third-order valence-corrected chi connectivity index (χ3v) is 4.23. The lowest BCUT2D eigenvalue weighted by molar-refractivity contribution is -0.906. The molecule has 0 atom stereocenters. The molecule has 2 amide bonds. The van der Waals surface area contributed by atoms with Gasteiger partial charge >= 0.3 is 5.91 Å². The van der Waals surface area contributed by atoms with Gasteiger partial charge in [0.15, 0.2) is 6.54 Å². The van der Waals surface area contributed by atoms with Gasteiger partial charge in [0, 0.05) is 25.7 Å². The lowest BCUT2D eigenvalue weighted by Crippen LogP contribution is -3.00. The number of nitrogens with one attached hydrogen (secondary N) is 1. The second kappa shape index (κ2) is 8.43. The number of carbonyl (C=O) groups is 2. The maximum absolute atomic E-state index is 12.3. The molecule has 1 aliphatic heterocycles. The van der Waals surface area contributed by atoms with Gasteiger partial charge < -0.3 is 22.2 Å². The Balaban J connectivity index is 0.00000288. The van der Waals surface area contributed by atoms with Gasteiger partial charge in [-0.1, -0.05) is 0 Å². The zero-order valence-electron chi connectivity index (χ0n) is 14.3. The van der Waals surface area contributed by atoms with E-state index in [0.29, 0.717) is 20.9 Å². The molecule has 0 bridgehead atoms. The van der Waals surface area contributed by atoms with Gasteiger partial charge in [0.1, 0.15) is 0 Å². The number of amides is 2. The second-order valence-electron chi connectivity index (χ2n) is 6.46. The summed E-state index contributed by atoms with van der Waals surface area (Å²) in [5, 5.41) is 13.5. The van der Waals surface area contributed by atoms with E-state index >= 15 is 0 Å². The van der Waals surface area contributed by atoms with Gasteiger partial charge in [-0.25, -0.2) is 0 Å². The van der Waals surface area contributed by atoms with Crippen molar-refractivity contribution in [1.82, 2.24) is 4.90 Å². The Labute approximate surface area is 148 Å². The van der Waals surface area contributed by atoms with Crippen LogP contribution in [0.2, 0.25) is 0 Å². The maximum atomic E-state index is 12.3. The Morgan fingerprint density at radius 1 is 1.25 bits per heavy atom. The number of benzene rings is 1. The summed E-state index contributed by atoms with van der Waals surface area (Å²) in [6, 6.07) is 6.51.